The van der Waals surface area contributed by atoms with Crippen LogP contribution in [0.15, 0.2) is 0 Å². The van der Waals surface area contributed by atoms with Crippen molar-refractivity contribution in [3.05, 3.63) is 0 Å². The van der Waals surface area contributed by atoms with Gasteiger partial charge in [-0.05, 0) is 34.1 Å². The Morgan fingerprint density at radius 1 is 1.25 bits per heavy atom. The van der Waals surface area contributed by atoms with Crippen LogP contribution in [0.1, 0.15) is 40.5 Å². The first-order chi connectivity index (χ1) is 9.06. The summed E-state index contributed by atoms with van der Waals surface area (Å²) in [6.07, 6.45) is 0.200. The zero-order valence-corrected chi connectivity index (χ0v) is 12.7. The summed E-state index contributed by atoms with van der Waals surface area (Å²) < 4.78 is 9.58. The molecule has 2 atom stereocenters. The minimum atomic E-state index is -0.876. The van der Waals surface area contributed by atoms with Crippen LogP contribution in [0.3, 0.4) is 0 Å². The molecular formula is C13H24N2O5. The normalized spacial score (nSPS) is 14.1. The van der Waals surface area contributed by atoms with Gasteiger partial charge in [0, 0.05) is 6.42 Å². The molecule has 0 aliphatic carbocycles. The Kier molecular flexibility index (Phi) is 7.20. The molecule has 0 aromatic carbocycles. The number of hydrogen-bond acceptors (Lipinski definition) is 6. The highest BCUT2D eigenvalue weighted by Crippen LogP contribution is 2.08. The van der Waals surface area contributed by atoms with Crippen LogP contribution >= 0.6 is 0 Å². The van der Waals surface area contributed by atoms with E-state index < -0.39 is 35.5 Å². The van der Waals surface area contributed by atoms with E-state index in [0.29, 0.717) is 0 Å². The van der Waals surface area contributed by atoms with E-state index in [1.807, 2.05) is 0 Å². The Labute approximate surface area is 119 Å². The van der Waals surface area contributed by atoms with Crippen molar-refractivity contribution < 1.29 is 23.9 Å². The number of ether oxygens (including phenoxy) is 2. The lowest BCUT2D eigenvalue weighted by Gasteiger charge is -2.23. The van der Waals surface area contributed by atoms with Crippen molar-refractivity contribution in [1.82, 2.24) is 5.32 Å². The van der Waals surface area contributed by atoms with Gasteiger partial charge in [-0.3, -0.25) is 9.59 Å². The topological polar surface area (TPSA) is 108 Å². The monoisotopic (exact) mass is 288 g/mol. The molecule has 0 bridgehead atoms. The third-order valence-corrected chi connectivity index (χ3v) is 2.34. The number of rotatable bonds is 6. The molecule has 0 spiro atoms. The summed E-state index contributed by atoms with van der Waals surface area (Å²) in [4.78, 5) is 34.3. The number of methoxy groups -OCH3 is 1. The summed E-state index contributed by atoms with van der Waals surface area (Å²) in [5.74, 6) is -1.48. The molecule has 1 amide bonds. The number of nitrogens with one attached hydrogen (secondary N) is 1. The van der Waals surface area contributed by atoms with E-state index in [-0.39, 0.29) is 12.8 Å². The third kappa shape index (κ3) is 7.73. The molecule has 0 saturated heterocycles. The van der Waals surface area contributed by atoms with Crippen molar-refractivity contribution in [2.45, 2.75) is 58.2 Å². The van der Waals surface area contributed by atoms with Gasteiger partial charge < -0.3 is 20.5 Å². The predicted octanol–water partition coefficient (Wildman–Crippen LogP) is 0.113. The Morgan fingerprint density at radius 3 is 2.25 bits per heavy atom. The molecule has 0 fully saturated rings. The van der Waals surface area contributed by atoms with Gasteiger partial charge in [0.2, 0.25) is 5.91 Å². The summed E-state index contributed by atoms with van der Waals surface area (Å²) in [5, 5.41) is 2.45. The molecule has 7 heteroatoms. The van der Waals surface area contributed by atoms with Crippen LogP contribution in [0.25, 0.3) is 0 Å². The third-order valence-electron chi connectivity index (χ3n) is 2.34. The van der Waals surface area contributed by atoms with Crippen LogP contribution in [-0.2, 0) is 23.9 Å². The zero-order valence-electron chi connectivity index (χ0n) is 12.7. The van der Waals surface area contributed by atoms with E-state index in [0.717, 1.165) is 0 Å². The lowest BCUT2D eigenvalue weighted by atomic mass is 10.1. The smallest absolute Gasteiger partial charge is 0.328 e. The quantitative estimate of drug-likeness (QED) is 0.672. The van der Waals surface area contributed by atoms with Gasteiger partial charge in [-0.2, -0.15) is 0 Å². The fourth-order valence-electron chi connectivity index (χ4n) is 1.28. The second-order valence-electron chi connectivity index (χ2n) is 5.49. The summed E-state index contributed by atoms with van der Waals surface area (Å²) in [6.45, 7) is 6.73. The van der Waals surface area contributed by atoms with Gasteiger partial charge in [0.15, 0.2) is 0 Å². The van der Waals surface area contributed by atoms with Gasteiger partial charge in [0.1, 0.15) is 11.6 Å². The fourth-order valence-corrected chi connectivity index (χ4v) is 1.28. The predicted molar refractivity (Wildman–Crippen MR) is 72.7 cm³/mol. The van der Waals surface area contributed by atoms with E-state index in [1.165, 1.54) is 14.0 Å². The minimum absolute atomic E-state index is 0.0475. The average Bonchev–Trinajstić information content (AvgIpc) is 2.32. The van der Waals surface area contributed by atoms with Gasteiger partial charge in [0.05, 0.1) is 13.2 Å². The van der Waals surface area contributed by atoms with Crippen LogP contribution in [0.4, 0.5) is 0 Å². The largest absolute Gasteiger partial charge is 0.469 e. The van der Waals surface area contributed by atoms with Crippen molar-refractivity contribution in [2.24, 2.45) is 5.73 Å². The van der Waals surface area contributed by atoms with Crippen LogP contribution < -0.4 is 11.1 Å². The Bertz CT molecular complexity index is 362. The molecular weight excluding hydrogens is 264 g/mol. The van der Waals surface area contributed by atoms with Crippen LogP contribution in [-0.4, -0.2) is 42.6 Å². The first-order valence-corrected chi connectivity index (χ1v) is 6.42. The maximum Gasteiger partial charge on any atom is 0.328 e. The van der Waals surface area contributed by atoms with Crippen molar-refractivity contribution >= 4 is 17.8 Å². The Balaban J connectivity index is 4.24. The Hall–Kier alpha value is -1.63. The van der Waals surface area contributed by atoms with E-state index in [4.69, 9.17) is 10.5 Å². The van der Waals surface area contributed by atoms with Gasteiger partial charge in [-0.1, -0.05) is 0 Å². The fraction of sp³-hybridized carbons (Fsp3) is 0.769. The molecule has 0 heterocycles. The molecule has 7 nitrogen and oxygen atoms in total. The molecule has 0 aliphatic rings. The lowest BCUT2D eigenvalue weighted by Crippen LogP contribution is -2.48. The van der Waals surface area contributed by atoms with E-state index >= 15 is 0 Å². The van der Waals surface area contributed by atoms with Gasteiger partial charge >= 0.3 is 11.9 Å². The van der Waals surface area contributed by atoms with E-state index in [1.54, 1.807) is 20.8 Å². The van der Waals surface area contributed by atoms with Crippen LogP contribution in [0.2, 0.25) is 0 Å². The molecule has 116 valence electrons. The molecule has 0 aromatic rings. The minimum Gasteiger partial charge on any atom is -0.469 e. The Morgan fingerprint density at radius 2 is 1.80 bits per heavy atom. The number of esters is 2. The van der Waals surface area contributed by atoms with Gasteiger partial charge in [0.25, 0.3) is 0 Å². The molecule has 0 radical (unpaired) electrons. The first kappa shape index (κ1) is 18.4. The maximum absolute atomic E-state index is 11.7. The van der Waals surface area contributed by atoms with Crippen molar-refractivity contribution in [3.63, 3.8) is 0 Å². The first-order valence-electron chi connectivity index (χ1n) is 6.42. The molecule has 20 heavy (non-hydrogen) atoms. The lowest BCUT2D eigenvalue weighted by molar-refractivity contribution is -0.158. The van der Waals surface area contributed by atoms with Crippen LogP contribution in [0.5, 0.6) is 0 Å². The summed E-state index contributed by atoms with van der Waals surface area (Å²) in [6, 6.07) is -1.68. The number of carbonyl (C=O) groups is 3. The number of amides is 1. The summed E-state index contributed by atoms with van der Waals surface area (Å²) in [7, 11) is 1.26. The summed E-state index contributed by atoms with van der Waals surface area (Å²) >= 11 is 0. The maximum atomic E-state index is 11.7. The van der Waals surface area contributed by atoms with Crippen molar-refractivity contribution in [3.8, 4) is 0 Å². The zero-order chi connectivity index (χ0) is 15.9. The second-order valence-corrected chi connectivity index (χ2v) is 5.49. The van der Waals surface area contributed by atoms with Crippen molar-refractivity contribution in [1.29, 1.82) is 0 Å². The summed E-state index contributed by atoms with van der Waals surface area (Å²) in [5.41, 5.74) is 5.00. The van der Waals surface area contributed by atoms with Crippen molar-refractivity contribution in [2.75, 3.05) is 7.11 Å². The number of carbonyl (C=O) groups excluding carboxylic acids is 3. The standard InChI is InChI=1S/C13H24N2O5/c1-8(12(18)20-13(2,3)4)15-11(17)9(14)6-7-10(16)19-5/h8-9H,6-7,14H2,1-5H3,(H,15,17)/t8-,9-/m0/s1. The van der Waals surface area contributed by atoms with Crippen LogP contribution in [0, 0.1) is 0 Å². The van der Waals surface area contributed by atoms with E-state index in [9.17, 15) is 14.4 Å². The number of nitrogens with two attached hydrogens (primary N) is 1. The molecule has 0 unspecified atom stereocenters. The molecule has 0 aromatic heterocycles. The highest BCUT2D eigenvalue weighted by molar-refractivity contribution is 5.87. The van der Waals surface area contributed by atoms with E-state index in [2.05, 4.69) is 10.1 Å². The molecule has 0 aliphatic heterocycles. The molecule has 0 saturated carbocycles. The average molecular weight is 288 g/mol. The highest BCUT2D eigenvalue weighted by Gasteiger charge is 2.25. The molecule has 3 N–H and O–H groups in total. The molecule has 0 rings (SSSR count). The SMILES string of the molecule is COC(=O)CC[C@H](N)C(=O)N[C@@H](C)C(=O)OC(C)(C)C. The highest BCUT2D eigenvalue weighted by atomic mass is 16.6. The number of hydrogen-bond donors (Lipinski definition) is 2. The van der Waals surface area contributed by atoms with Gasteiger partial charge in [-0.15, -0.1) is 0 Å². The van der Waals surface area contributed by atoms with Gasteiger partial charge in [-0.25, -0.2) is 4.79 Å². The second kappa shape index (κ2) is 7.84.